The maximum absolute atomic E-state index is 12.7. The molecule has 3 aromatic carbocycles. The molecule has 0 aliphatic heterocycles. The molecule has 7 N–H and O–H groups in total. The number of aliphatic carboxylic acids is 4. The predicted octanol–water partition coefficient (Wildman–Crippen LogP) is 4.89. The molecule has 0 aromatic heterocycles. The van der Waals surface area contributed by atoms with E-state index in [1.165, 1.54) is 5.56 Å². The number of nitrogens with zero attached hydrogens (tertiary/aromatic N) is 1. The third-order valence-corrected chi connectivity index (χ3v) is 7.78. The first kappa shape index (κ1) is 49.0. The number of halogens is 9. The lowest BCUT2D eigenvalue weighted by molar-refractivity contribution is -0.193. The van der Waals surface area contributed by atoms with Crippen LogP contribution in [0, 0.1) is 0 Å². The van der Waals surface area contributed by atoms with Crippen molar-refractivity contribution in [1.29, 1.82) is 0 Å². The highest BCUT2D eigenvalue weighted by Gasteiger charge is 2.39. The topological polar surface area (TPSA) is 225 Å². The van der Waals surface area contributed by atoms with E-state index < -0.39 is 52.4 Å². The Labute approximate surface area is 300 Å². The third-order valence-electron chi connectivity index (χ3n) is 6.32. The number of nitrogens with two attached hydrogens (primary N) is 1. The highest BCUT2D eigenvalue weighted by molar-refractivity contribution is 7.89. The Bertz CT molecular complexity index is 1710. The van der Waals surface area contributed by atoms with Crippen LogP contribution in [-0.4, -0.2) is 102 Å². The number of carboxylic acids is 4. The number of rotatable bonds is 13. The Morgan fingerprint density at radius 2 is 1.09 bits per heavy atom. The van der Waals surface area contributed by atoms with Gasteiger partial charge in [0.25, 0.3) is 0 Å². The van der Waals surface area contributed by atoms with Gasteiger partial charge in [-0.3, -0.25) is 4.79 Å². The second-order valence-corrected chi connectivity index (χ2v) is 12.2. The van der Waals surface area contributed by atoms with Gasteiger partial charge in [0.1, 0.15) is 0 Å². The van der Waals surface area contributed by atoms with Crippen molar-refractivity contribution in [1.82, 2.24) is 9.62 Å². The fraction of sp³-hybridized carbons (Fsp3) is 0.355. The molecule has 0 saturated heterocycles. The van der Waals surface area contributed by atoms with Crippen LogP contribution in [0.4, 0.5) is 39.5 Å². The standard InChI is InChI=1S/C25H31N3O4S.3C2HF3O2/c26-19-21-9-7-20(8-10-21)4-3-15-28(16-13-25(29)30)17-14-27-33(31,32)24-12-11-22-5-1-2-6-23(22)18-24;3*3-2(4,5)1(6)7/h1-2,5-12,18,27H,3-4,13-17,19,26H2,(H,29,30);3*(H,6,7). The second-order valence-electron chi connectivity index (χ2n) is 10.4. The SMILES string of the molecule is NCc1ccc(CCCN(CCNS(=O)(=O)c2ccc3ccccc3c2)CCC(=O)O)cc1.O=C(O)C(F)(F)F.O=C(O)C(F)(F)F.O=C(O)C(F)(F)F. The summed E-state index contributed by atoms with van der Waals surface area (Å²) in [6, 6.07) is 20.8. The van der Waals surface area contributed by atoms with Gasteiger partial charge in [-0.25, -0.2) is 27.5 Å². The van der Waals surface area contributed by atoms with Crippen LogP contribution in [0.5, 0.6) is 0 Å². The summed E-state index contributed by atoms with van der Waals surface area (Å²) >= 11 is 0. The molecule has 0 radical (unpaired) electrons. The van der Waals surface area contributed by atoms with E-state index in [1.54, 1.807) is 18.2 Å². The van der Waals surface area contributed by atoms with Gasteiger partial charge < -0.3 is 31.1 Å². The van der Waals surface area contributed by atoms with Crippen LogP contribution >= 0.6 is 0 Å². The number of hydrogen-bond donors (Lipinski definition) is 6. The van der Waals surface area contributed by atoms with Gasteiger partial charge in [-0.05, 0) is 53.4 Å². The number of carboxylic acid groups (broad SMARTS) is 4. The number of sulfonamides is 1. The third kappa shape index (κ3) is 20.9. The number of carbonyl (C=O) groups is 4. The minimum absolute atomic E-state index is 0.0165. The maximum atomic E-state index is 12.7. The van der Waals surface area contributed by atoms with Crippen molar-refractivity contribution in [3.63, 3.8) is 0 Å². The van der Waals surface area contributed by atoms with E-state index in [0.717, 1.165) is 29.2 Å². The molecule has 54 heavy (non-hydrogen) atoms. The first-order valence-electron chi connectivity index (χ1n) is 14.8. The minimum Gasteiger partial charge on any atom is -0.481 e. The number of alkyl halides is 9. The van der Waals surface area contributed by atoms with Crippen molar-refractivity contribution < 1.29 is 87.5 Å². The zero-order valence-corrected chi connectivity index (χ0v) is 28.4. The molecule has 0 aliphatic rings. The summed E-state index contributed by atoms with van der Waals surface area (Å²) in [5.74, 6) is -9.14. The molecule has 3 rings (SSSR count). The van der Waals surface area contributed by atoms with Gasteiger partial charge in [0.05, 0.1) is 11.3 Å². The van der Waals surface area contributed by atoms with Crippen LogP contribution in [0.2, 0.25) is 0 Å². The van der Waals surface area contributed by atoms with E-state index in [4.69, 9.17) is 40.5 Å². The van der Waals surface area contributed by atoms with Gasteiger partial charge in [-0.15, -0.1) is 0 Å². The summed E-state index contributed by atoms with van der Waals surface area (Å²) in [6.45, 7) is 2.22. The molecule has 0 spiro atoms. The highest BCUT2D eigenvalue weighted by atomic mass is 32.2. The first-order chi connectivity index (χ1) is 24.7. The summed E-state index contributed by atoms with van der Waals surface area (Å²) in [5.41, 5.74) is 7.91. The van der Waals surface area contributed by atoms with Gasteiger partial charge in [0.2, 0.25) is 10.0 Å². The Morgan fingerprint density at radius 1 is 0.648 bits per heavy atom. The first-order valence-corrected chi connectivity index (χ1v) is 16.3. The average molecular weight is 812 g/mol. The molecule has 0 fully saturated rings. The van der Waals surface area contributed by atoms with Crippen LogP contribution in [0.25, 0.3) is 10.8 Å². The lowest BCUT2D eigenvalue weighted by atomic mass is 10.1. The van der Waals surface area contributed by atoms with Gasteiger partial charge in [0, 0.05) is 26.2 Å². The lowest BCUT2D eigenvalue weighted by Crippen LogP contribution is -2.36. The van der Waals surface area contributed by atoms with Crippen molar-refractivity contribution in [2.75, 3.05) is 26.2 Å². The lowest BCUT2D eigenvalue weighted by Gasteiger charge is -2.22. The fourth-order valence-electron chi connectivity index (χ4n) is 3.69. The molecular weight excluding hydrogens is 777 g/mol. The van der Waals surface area contributed by atoms with Gasteiger partial charge in [-0.2, -0.15) is 39.5 Å². The molecule has 0 bridgehead atoms. The van der Waals surface area contributed by atoms with Crippen molar-refractivity contribution in [3.05, 3.63) is 77.9 Å². The van der Waals surface area contributed by atoms with E-state index >= 15 is 0 Å². The highest BCUT2D eigenvalue weighted by Crippen LogP contribution is 2.19. The van der Waals surface area contributed by atoms with Crippen LogP contribution in [0.15, 0.2) is 71.6 Å². The Balaban J connectivity index is 0.00000109. The molecule has 0 atom stereocenters. The van der Waals surface area contributed by atoms with Crippen molar-refractivity contribution in [2.45, 2.75) is 49.2 Å². The molecule has 3 aromatic rings. The number of nitrogens with one attached hydrogen (secondary N) is 1. The zero-order valence-electron chi connectivity index (χ0n) is 27.6. The summed E-state index contributed by atoms with van der Waals surface area (Å²) in [6.07, 6.45) is -13.5. The van der Waals surface area contributed by atoms with Crippen LogP contribution in [-0.2, 0) is 42.2 Å². The summed E-state index contributed by atoms with van der Waals surface area (Å²) in [7, 11) is -3.65. The Hall–Kier alpha value is -5.00. The van der Waals surface area contributed by atoms with Crippen LogP contribution in [0.1, 0.15) is 24.0 Å². The molecule has 0 amide bonds. The molecule has 0 unspecified atom stereocenters. The predicted molar refractivity (Wildman–Crippen MR) is 172 cm³/mol. The molecule has 0 saturated carbocycles. The van der Waals surface area contributed by atoms with Crippen LogP contribution < -0.4 is 10.5 Å². The Kier molecular flexibility index (Phi) is 20.2. The van der Waals surface area contributed by atoms with Crippen molar-refractivity contribution >= 4 is 44.7 Å². The van der Waals surface area contributed by atoms with Gasteiger partial charge in [0.15, 0.2) is 0 Å². The van der Waals surface area contributed by atoms with E-state index in [1.807, 2.05) is 41.3 Å². The normalized spacial score (nSPS) is 11.6. The van der Waals surface area contributed by atoms with E-state index in [2.05, 4.69) is 16.9 Å². The summed E-state index contributed by atoms with van der Waals surface area (Å²) < 4.78 is 123. The smallest absolute Gasteiger partial charge is 0.481 e. The van der Waals surface area contributed by atoms with E-state index in [0.29, 0.717) is 26.2 Å². The number of benzene rings is 3. The van der Waals surface area contributed by atoms with E-state index in [-0.39, 0.29) is 17.9 Å². The zero-order chi connectivity index (χ0) is 41.9. The Morgan fingerprint density at radius 3 is 1.52 bits per heavy atom. The molecule has 0 aliphatic carbocycles. The van der Waals surface area contributed by atoms with Gasteiger partial charge in [-0.1, -0.05) is 54.6 Å². The molecule has 13 nitrogen and oxygen atoms in total. The molecular formula is C31H34F9N3O10S. The molecule has 23 heteroatoms. The minimum atomic E-state index is -5.08. The maximum Gasteiger partial charge on any atom is 0.490 e. The van der Waals surface area contributed by atoms with E-state index in [9.17, 15) is 52.7 Å². The second kappa shape index (κ2) is 22.3. The number of aryl methyl sites for hydroxylation is 1. The fourth-order valence-corrected chi connectivity index (χ4v) is 4.75. The quantitative estimate of drug-likeness (QED) is 0.127. The summed E-state index contributed by atoms with van der Waals surface area (Å²) in [5, 5.41) is 32.3. The molecule has 302 valence electrons. The van der Waals surface area contributed by atoms with Crippen LogP contribution in [0.3, 0.4) is 0 Å². The summed E-state index contributed by atoms with van der Waals surface area (Å²) in [4.78, 5) is 39.9. The number of fused-ring (bicyclic) bond motifs is 1. The van der Waals surface area contributed by atoms with Crippen molar-refractivity contribution in [2.24, 2.45) is 5.73 Å². The monoisotopic (exact) mass is 811 g/mol. The largest absolute Gasteiger partial charge is 0.490 e. The van der Waals surface area contributed by atoms with Crippen molar-refractivity contribution in [3.8, 4) is 0 Å². The number of hydrogen-bond acceptors (Lipinski definition) is 8. The average Bonchev–Trinajstić information content (AvgIpc) is 3.06. The van der Waals surface area contributed by atoms with Gasteiger partial charge >= 0.3 is 42.4 Å². The molecule has 0 heterocycles.